The second-order valence-electron chi connectivity index (χ2n) is 7.38. The van der Waals surface area contributed by atoms with Crippen LogP contribution in [0, 0.1) is 0 Å². The fraction of sp³-hybridized carbons (Fsp3) is 0.500. The maximum atomic E-state index is 12.7. The van der Waals surface area contributed by atoms with Gasteiger partial charge in [-0.2, -0.15) is 0 Å². The molecule has 138 valence electrons. The van der Waals surface area contributed by atoms with E-state index in [0.717, 1.165) is 23.7 Å². The molecule has 4 amide bonds. The number of piperazine rings is 1. The van der Waals surface area contributed by atoms with Gasteiger partial charge in [-0.05, 0) is 31.4 Å². The van der Waals surface area contributed by atoms with Crippen molar-refractivity contribution in [3.63, 3.8) is 0 Å². The van der Waals surface area contributed by atoms with Crippen LogP contribution in [0.5, 0.6) is 0 Å². The van der Waals surface area contributed by atoms with Gasteiger partial charge in [0, 0.05) is 26.1 Å². The summed E-state index contributed by atoms with van der Waals surface area (Å²) in [5.41, 5.74) is 1.32. The number of nitrogens with zero attached hydrogens (tertiary/aromatic N) is 2. The highest BCUT2D eigenvalue weighted by atomic mass is 35.5. The van der Waals surface area contributed by atoms with Crippen LogP contribution < -0.4 is 15.5 Å². The molecule has 4 rings (SSSR count). The van der Waals surface area contributed by atoms with Crippen LogP contribution in [0.1, 0.15) is 25.3 Å². The quantitative estimate of drug-likeness (QED) is 0.779. The van der Waals surface area contributed by atoms with Crippen molar-refractivity contribution < 1.29 is 14.4 Å². The number of hydrogen-bond acceptors (Lipinski definition) is 4. The summed E-state index contributed by atoms with van der Waals surface area (Å²) in [5, 5.41) is 5.59. The monoisotopic (exact) mass is 376 g/mol. The maximum Gasteiger partial charge on any atom is 0.322 e. The van der Waals surface area contributed by atoms with Crippen LogP contribution in [0.4, 0.5) is 10.5 Å². The van der Waals surface area contributed by atoms with E-state index in [0.29, 0.717) is 19.5 Å². The molecule has 2 atom stereocenters. The fourth-order valence-corrected chi connectivity index (χ4v) is 4.42. The van der Waals surface area contributed by atoms with Gasteiger partial charge in [0.05, 0.1) is 16.8 Å². The molecule has 2 fully saturated rings. The minimum absolute atomic E-state index is 0.0156. The number of halogens is 1. The number of nitrogens with one attached hydrogen (secondary N) is 2. The smallest absolute Gasteiger partial charge is 0.322 e. The predicted molar refractivity (Wildman–Crippen MR) is 97.2 cm³/mol. The van der Waals surface area contributed by atoms with Crippen molar-refractivity contribution in [3.05, 3.63) is 28.8 Å². The first-order chi connectivity index (χ1) is 12.4. The molecular weight excluding hydrogens is 356 g/mol. The second kappa shape index (κ2) is 6.16. The lowest BCUT2D eigenvalue weighted by Gasteiger charge is -2.39. The molecule has 0 aliphatic carbocycles. The minimum atomic E-state index is -1.01. The Labute approximate surface area is 156 Å². The molecule has 0 bridgehead atoms. The van der Waals surface area contributed by atoms with E-state index in [1.54, 1.807) is 6.92 Å². The zero-order valence-corrected chi connectivity index (χ0v) is 15.3. The van der Waals surface area contributed by atoms with Crippen molar-refractivity contribution in [2.45, 2.75) is 37.8 Å². The summed E-state index contributed by atoms with van der Waals surface area (Å²) < 4.78 is 0. The molecule has 0 radical (unpaired) electrons. The Bertz CT molecular complexity index is 799. The van der Waals surface area contributed by atoms with E-state index in [4.69, 9.17) is 11.6 Å². The number of para-hydroxylation sites is 1. The standard InChI is InChI=1S/C18H21ClN4O3/c1-18(16(25)20-17(26)21-18)6-5-14(24)22-7-8-23-12(10-22)9-11-3-2-4-13(19)15(11)23/h2-4,12H,5-10H2,1H3,(H2,20,21,25,26)/t12?,18-/m1/s1. The largest absolute Gasteiger partial charge is 0.363 e. The van der Waals surface area contributed by atoms with Gasteiger partial charge in [0.2, 0.25) is 5.91 Å². The summed E-state index contributed by atoms with van der Waals surface area (Å²) in [6, 6.07) is 5.70. The number of benzene rings is 1. The summed E-state index contributed by atoms with van der Waals surface area (Å²) in [4.78, 5) is 40.0. The van der Waals surface area contributed by atoms with Crippen LogP contribution in [-0.2, 0) is 16.0 Å². The van der Waals surface area contributed by atoms with Crippen LogP contribution >= 0.6 is 11.6 Å². The third kappa shape index (κ3) is 2.80. The fourth-order valence-electron chi connectivity index (χ4n) is 4.12. The minimum Gasteiger partial charge on any atom is -0.363 e. The molecule has 2 saturated heterocycles. The molecule has 3 aliphatic heterocycles. The van der Waals surface area contributed by atoms with Gasteiger partial charge >= 0.3 is 6.03 Å². The van der Waals surface area contributed by atoms with E-state index >= 15 is 0 Å². The SMILES string of the molecule is C[C@]1(CCC(=O)N2CCN3c4c(Cl)cccc4CC3C2)NC(=O)NC1=O. The number of imide groups is 1. The summed E-state index contributed by atoms with van der Waals surface area (Å²) in [7, 11) is 0. The molecule has 0 spiro atoms. The molecule has 3 heterocycles. The summed E-state index contributed by atoms with van der Waals surface area (Å²) in [6.07, 6.45) is 1.40. The molecule has 1 unspecified atom stereocenters. The highest BCUT2D eigenvalue weighted by molar-refractivity contribution is 6.33. The van der Waals surface area contributed by atoms with Crippen LogP contribution in [-0.4, -0.2) is 54.0 Å². The van der Waals surface area contributed by atoms with Crippen LogP contribution in [0.15, 0.2) is 18.2 Å². The van der Waals surface area contributed by atoms with Crippen molar-refractivity contribution in [1.29, 1.82) is 0 Å². The summed E-state index contributed by atoms with van der Waals surface area (Å²) >= 11 is 6.36. The van der Waals surface area contributed by atoms with Crippen molar-refractivity contribution in [2.24, 2.45) is 0 Å². The number of hydrogen-bond donors (Lipinski definition) is 2. The Kier molecular flexibility index (Phi) is 4.06. The number of amides is 4. The lowest BCUT2D eigenvalue weighted by molar-refractivity contribution is -0.132. The van der Waals surface area contributed by atoms with Crippen molar-refractivity contribution >= 4 is 35.1 Å². The Morgan fingerprint density at radius 1 is 1.35 bits per heavy atom. The van der Waals surface area contributed by atoms with Gasteiger partial charge in [-0.15, -0.1) is 0 Å². The van der Waals surface area contributed by atoms with E-state index in [1.165, 1.54) is 5.56 Å². The van der Waals surface area contributed by atoms with E-state index in [-0.39, 0.29) is 24.3 Å². The van der Waals surface area contributed by atoms with Gasteiger partial charge in [0.15, 0.2) is 0 Å². The third-order valence-corrected chi connectivity index (χ3v) is 5.91. The first kappa shape index (κ1) is 17.1. The Morgan fingerprint density at radius 2 is 2.15 bits per heavy atom. The van der Waals surface area contributed by atoms with E-state index in [1.807, 2.05) is 17.0 Å². The predicted octanol–water partition coefficient (Wildman–Crippen LogP) is 1.29. The number of rotatable bonds is 3. The Balaban J connectivity index is 1.38. The lowest BCUT2D eigenvalue weighted by atomic mass is 9.95. The van der Waals surface area contributed by atoms with Crippen molar-refractivity contribution in [1.82, 2.24) is 15.5 Å². The molecular formula is C18H21ClN4O3. The Hall–Kier alpha value is -2.28. The summed E-state index contributed by atoms with van der Waals surface area (Å²) in [5.74, 6) is -0.358. The summed E-state index contributed by atoms with van der Waals surface area (Å²) in [6.45, 7) is 3.68. The van der Waals surface area contributed by atoms with E-state index in [9.17, 15) is 14.4 Å². The molecule has 1 aromatic carbocycles. The molecule has 0 aromatic heterocycles. The zero-order chi connectivity index (χ0) is 18.5. The van der Waals surface area contributed by atoms with Gasteiger partial charge < -0.3 is 15.1 Å². The Morgan fingerprint density at radius 3 is 2.88 bits per heavy atom. The number of carbonyl (C=O) groups excluding carboxylic acids is 3. The highest BCUT2D eigenvalue weighted by Gasteiger charge is 2.42. The normalized spacial score (nSPS) is 27.1. The zero-order valence-electron chi connectivity index (χ0n) is 14.5. The third-order valence-electron chi connectivity index (χ3n) is 5.61. The van der Waals surface area contributed by atoms with Gasteiger partial charge in [0.25, 0.3) is 5.91 Å². The molecule has 1 aromatic rings. The van der Waals surface area contributed by atoms with Crippen LogP contribution in [0.25, 0.3) is 0 Å². The van der Waals surface area contributed by atoms with Gasteiger partial charge in [-0.25, -0.2) is 4.79 Å². The molecule has 0 saturated carbocycles. The average molecular weight is 377 g/mol. The van der Waals surface area contributed by atoms with Gasteiger partial charge in [-0.1, -0.05) is 23.7 Å². The number of fused-ring (bicyclic) bond motifs is 3. The molecule has 7 nitrogen and oxygen atoms in total. The molecule has 3 aliphatic rings. The number of urea groups is 1. The lowest BCUT2D eigenvalue weighted by Crippen LogP contribution is -2.54. The van der Waals surface area contributed by atoms with Crippen molar-refractivity contribution in [2.75, 3.05) is 24.5 Å². The van der Waals surface area contributed by atoms with E-state index < -0.39 is 11.6 Å². The van der Waals surface area contributed by atoms with Gasteiger partial charge in [-0.3, -0.25) is 14.9 Å². The highest BCUT2D eigenvalue weighted by Crippen LogP contribution is 2.39. The van der Waals surface area contributed by atoms with Crippen LogP contribution in [0.2, 0.25) is 5.02 Å². The number of anilines is 1. The first-order valence-corrected chi connectivity index (χ1v) is 9.20. The topological polar surface area (TPSA) is 81.8 Å². The molecule has 8 heteroatoms. The van der Waals surface area contributed by atoms with E-state index in [2.05, 4.69) is 21.6 Å². The molecule has 2 N–H and O–H groups in total. The number of carbonyl (C=O) groups is 3. The van der Waals surface area contributed by atoms with Gasteiger partial charge in [0.1, 0.15) is 5.54 Å². The van der Waals surface area contributed by atoms with Crippen molar-refractivity contribution in [3.8, 4) is 0 Å². The average Bonchev–Trinajstić information content (AvgIpc) is 3.09. The second-order valence-corrected chi connectivity index (χ2v) is 7.79. The van der Waals surface area contributed by atoms with Crippen LogP contribution in [0.3, 0.4) is 0 Å². The molecule has 26 heavy (non-hydrogen) atoms. The first-order valence-electron chi connectivity index (χ1n) is 8.83. The maximum absolute atomic E-state index is 12.7.